The number of nitrogens with two attached hydrogens (primary N) is 1. The van der Waals surface area contributed by atoms with Crippen LogP contribution in [0.1, 0.15) is 18.4 Å². The highest BCUT2D eigenvalue weighted by atomic mass is 79.9. The third-order valence-electron chi connectivity index (χ3n) is 3.04. The van der Waals surface area contributed by atoms with Crippen LogP contribution in [0.15, 0.2) is 28.7 Å². The van der Waals surface area contributed by atoms with Crippen LogP contribution in [0.5, 0.6) is 0 Å². The van der Waals surface area contributed by atoms with E-state index in [-0.39, 0.29) is 18.1 Å². The lowest BCUT2D eigenvalue weighted by atomic mass is 10.2. The third kappa shape index (κ3) is 3.54. The van der Waals surface area contributed by atoms with E-state index >= 15 is 0 Å². The number of amides is 1. The molecule has 1 aromatic carbocycles. The van der Waals surface area contributed by atoms with E-state index in [2.05, 4.69) is 21.2 Å². The Balaban J connectivity index is 1.80. The average Bonchev–Trinajstić information content (AvgIpc) is 2.86. The van der Waals surface area contributed by atoms with Gasteiger partial charge in [-0.3, -0.25) is 4.79 Å². The predicted octanol–water partition coefficient (Wildman–Crippen LogP) is 1.57. The Hall–Kier alpha value is -0.910. The van der Waals surface area contributed by atoms with Crippen molar-refractivity contribution in [2.24, 2.45) is 5.73 Å². The van der Waals surface area contributed by atoms with E-state index in [4.69, 9.17) is 10.5 Å². The molecule has 1 amide bonds. The van der Waals surface area contributed by atoms with Crippen molar-refractivity contribution in [1.29, 1.82) is 0 Å². The SMILES string of the molecule is NCC1CCC(C(=O)NCc2ccc(Br)cc2)O1. The van der Waals surface area contributed by atoms with Gasteiger partial charge in [-0.25, -0.2) is 0 Å². The van der Waals surface area contributed by atoms with Crippen LogP contribution in [0.4, 0.5) is 0 Å². The number of rotatable bonds is 4. The van der Waals surface area contributed by atoms with E-state index < -0.39 is 0 Å². The van der Waals surface area contributed by atoms with Gasteiger partial charge in [-0.1, -0.05) is 28.1 Å². The van der Waals surface area contributed by atoms with Gasteiger partial charge in [-0.15, -0.1) is 0 Å². The number of ether oxygens (including phenoxy) is 1. The summed E-state index contributed by atoms with van der Waals surface area (Å²) in [5, 5.41) is 2.88. The molecule has 98 valence electrons. The van der Waals surface area contributed by atoms with Crippen LogP contribution < -0.4 is 11.1 Å². The van der Waals surface area contributed by atoms with Crippen LogP contribution in [0.3, 0.4) is 0 Å². The van der Waals surface area contributed by atoms with Crippen LogP contribution >= 0.6 is 15.9 Å². The number of carbonyl (C=O) groups excluding carboxylic acids is 1. The van der Waals surface area contributed by atoms with Crippen LogP contribution in [0, 0.1) is 0 Å². The summed E-state index contributed by atoms with van der Waals surface area (Å²) in [4.78, 5) is 11.9. The van der Waals surface area contributed by atoms with Gasteiger partial charge in [0, 0.05) is 17.6 Å². The van der Waals surface area contributed by atoms with Crippen molar-refractivity contribution >= 4 is 21.8 Å². The van der Waals surface area contributed by atoms with Gasteiger partial charge < -0.3 is 15.8 Å². The number of hydrogen-bond donors (Lipinski definition) is 2. The van der Waals surface area contributed by atoms with E-state index in [1.165, 1.54) is 0 Å². The van der Waals surface area contributed by atoms with E-state index in [1.54, 1.807) is 0 Å². The molecule has 1 fully saturated rings. The van der Waals surface area contributed by atoms with Gasteiger partial charge in [0.2, 0.25) is 5.91 Å². The molecule has 1 aliphatic heterocycles. The molecule has 2 rings (SSSR count). The maximum absolute atomic E-state index is 11.9. The zero-order valence-electron chi connectivity index (χ0n) is 10.1. The van der Waals surface area contributed by atoms with Crippen molar-refractivity contribution in [1.82, 2.24) is 5.32 Å². The molecule has 0 radical (unpaired) electrons. The van der Waals surface area contributed by atoms with Gasteiger partial charge in [0.05, 0.1) is 6.10 Å². The largest absolute Gasteiger partial charge is 0.364 e. The van der Waals surface area contributed by atoms with Crippen molar-refractivity contribution in [3.8, 4) is 0 Å². The Morgan fingerprint density at radius 3 is 2.72 bits per heavy atom. The molecule has 0 bridgehead atoms. The molecule has 0 spiro atoms. The summed E-state index contributed by atoms with van der Waals surface area (Å²) in [5.74, 6) is -0.0473. The van der Waals surface area contributed by atoms with Crippen LogP contribution in [0.2, 0.25) is 0 Å². The zero-order valence-corrected chi connectivity index (χ0v) is 11.7. The molecule has 0 aliphatic carbocycles. The molecule has 2 unspecified atom stereocenters. The highest BCUT2D eigenvalue weighted by molar-refractivity contribution is 9.10. The first-order chi connectivity index (χ1) is 8.69. The van der Waals surface area contributed by atoms with Crippen molar-refractivity contribution in [3.05, 3.63) is 34.3 Å². The second kappa shape index (κ2) is 6.31. The number of nitrogens with one attached hydrogen (secondary N) is 1. The average molecular weight is 313 g/mol. The standard InChI is InChI=1S/C13H17BrN2O2/c14-10-3-1-9(2-4-10)8-16-13(17)12-6-5-11(7-15)18-12/h1-4,11-12H,5-8,15H2,(H,16,17). The molecule has 4 nitrogen and oxygen atoms in total. The Morgan fingerprint density at radius 1 is 1.39 bits per heavy atom. The first-order valence-electron chi connectivity index (χ1n) is 6.06. The molecule has 5 heteroatoms. The second-order valence-electron chi connectivity index (χ2n) is 4.40. The van der Waals surface area contributed by atoms with Crippen molar-refractivity contribution in [3.63, 3.8) is 0 Å². The van der Waals surface area contributed by atoms with E-state index in [0.29, 0.717) is 13.1 Å². The van der Waals surface area contributed by atoms with Crippen molar-refractivity contribution < 1.29 is 9.53 Å². The molecular weight excluding hydrogens is 296 g/mol. The highest BCUT2D eigenvalue weighted by Gasteiger charge is 2.29. The maximum Gasteiger partial charge on any atom is 0.249 e. The van der Waals surface area contributed by atoms with E-state index in [1.807, 2.05) is 24.3 Å². The molecule has 3 N–H and O–H groups in total. The Labute approximate surface area is 115 Å². The molecule has 2 atom stereocenters. The number of benzene rings is 1. The molecule has 1 aliphatic rings. The van der Waals surface area contributed by atoms with E-state index in [0.717, 1.165) is 22.9 Å². The first kappa shape index (κ1) is 13.5. The Morgan fingerprint density at radius 2 is 2.11 bits per heavy atom. The van der Waals surface area contributed by atoms with Gasteiger partial charge >= 0.3 is 0 Å². The lowest BCUT2D eigenvalue weighted by Gasteiger charge is -2.12. The predicted molar refractivity (Wildman–Crippen MR) is 72.9 cm³/mol. The summed E-state index contributed by atoms with van der Waals surface area (Å²) in [5.41, 5.74) is 6.58. The van der Waals surface area contributed by atoms with Crippen molar-refractivity contribution in [2.45, 2.75) is 31.6 Å². The van der Waals surface area contributed by atoms with Gasteiger partial charge in [-0.2, -0.15) is 0 Å². The number of carbonyl (C=O) groups is 1. The first-order valence-corrected chi connectivity index (χ1v) is 6.86. The summed E-state index contributed by atoms with van der Waals surface area (Å²) in [6.07, 6.45) is 1.32. The number of halogens is 1. The van der Waals surface area contributed by atoms with Gasteiger partial charge in [0.15, 0.2) is 0 Å². The van der Waals surface area contributed by atoms with Gasteiger partial charge in [0.1, 0.15) is 6.10 Å². The summed E-state index contributed by atoms with van der Waals surface area (Å²) < 4.78 is 6.57. The fourth-order valence-electron chi connectivity index (χ4n) is 1.98. The van der Waals surface area contributed by atoms with Crippen molar-refractivity contribution in [2.75, 3.05) is 6.54 Å². The molecule has 18 heavy (non-hydrogen) atoms. The smallest absolute Gasteiger partial charge is 0.249 e. The number of hydrogen-bond acceptors (Lipinski definition) is 3. The Kier molecular flexibility index (Phi) is 4.74. The molecule has 1 heterocycles. The summed E-state index contributed by atoms with van der Waals surface area (Å²) in [6, 6.07) is 7.86. The molecule has 1 aromatic rings. The quantitative estimate of drug-likeness (QED) is 0.887. The highest BCUT2D eigenvalue weighted by Crippen LogP contribution is 2.19. The molecule has 1 saturated heterocycles. The normalized spacial score (nSPS) is 23.0. The molecule has 0 saturated carbocycles. The zero-order chi connectivity index (χ0) is 13.0. The minimum atomic E-state index is -0.339. The van der Waals surface area contributed by atoms with Gasteiger partial charge in [0.25, 0.3) is 0 Å². The minimum absolute atomic E-state index is 0.0356. The monoisotopic (exact) mass is 312 g/mol. The second-order valence-corrected chi connectivity index (χ2v) is 5.32. The topological polar surface area (TPSA) is 64.4 Å². The summed E-state index contributed by atoms with van der Waals surface area (Å²) in [6.45, 7) is 1.01. The third-order valence-corrected chi connectivity index (χ3v) is 3.57. The van der Waals surface area contributed by atoms with Crippen LogP contribution in [0.25, 0.3) is 0 Å². The molecular formula is C13H17BrN2O2. The van der Waals surface area contributed by atoms with Gasteiger partial charge in [-0.05, 0) is 30.5 Å². The maximum atomic E-state index is 11.9. The summed E-state index contributed by atoms with van der Waals surface area (Å²) in [7, 11) is 0. The van der Waals surface area contributed by atoms with E-state index in [9.17, 15) is 4.79 Å². The molecule has 0 aromatic heterocycles. The minimum Gasteiger partial charge on any atom is -0.364 e. The lowest BCUT2D eigenvalue weighted by Crippen LogP contribution is -2.35. The fourth-order valence-corrected chi connectivity index (χ4v) is 2.24. The summed E-state index contributed by atoms with van der Waals surface area (Å²) >= 11 is 3.37. The fraction of sp³-hybridized carbons (Fsp3) is 0.462. The van der Waals surface area contributed by atoms with Crippen LogP contribution in [-0.2, 0) is 16.1 Å². The van der Waals surface area contributed by atoms with Crippen LogP contribution in [-0.4, -0.2) is 24.7 Å². The lowest BCUT2D eigenvalue weighted by molar-refractivity contribution is -0.132. The Bertz CT molecular complexity index is 408.